The molecule has 1 rings (SSSR count). The average molecular weight is 284 g/mol. The van der Waals surface area contributed by atoms with E-state index in [1.807, 2.05) is 0 Å². The first-order valence-corrected chi connectivity index (χ1v) is 6.08. The smallest absolute Gasteiger partial charge is 0.317 e. The maximum Gasteiger partial charge on any atom is 0.317 e. The van der Waals surface area contributed by atoms with Crippen LogP contribution in [0.1, 0.15) is 6.42 Å². The van der Waals surface area contributed by atoms with E-state index in [1.54, 1.807) is 7.05 Å². The summed E-state index contributed by atoms with van der Waals surface area (Å²) >= 11 is 0. The van der Waals surface area contributed by atoms with Crippen molar-refractivity contribution in [2.75, 3.05) is 26.7 Å². The predicted octanol–water partition coefficient (Wildman–Crippen LogP) is 1.32. The van der Waals surface area contributed by atoms with Gasteiger partial charge in [-0.15, -0.1) is 0 Å². The number of amides is 2. The van der Waals surface area contributed by atoms with Gasteiger partial charge in [0.15, 0.2) is 0 Å². The van der Waals surface area contributed by atoms with Gasteiger partial charge in [0.1, 0.15) is 18.2 Å². The number of rotatable bonds is 7. The van der Waals surface area contributed by atoms with Crippen molar-refractivity contribution in [1.82, 2.24) is 10.2 Å². The Hall–Kier alpha value is -2.31. The normalized spacial score (nSPS) is 9.90. The van der Waals surface area contributed by atoms with Gasteiger partial charge in [-0.05, 0) is 24.3 Å². The van der Waals surface area contributed by atoms with E-state index in [9.17, 15) is 14.0 Å². The second-order valence-electron chi connectivity index (χ2n) is 4.10. The minimum Gasteiger partial charge on any atom is -0.492 e. The molecule has 0 aromatic heterocycles. The molecule has 2 amide bonds. The summed E-state index contributed by atoms with van der Waals surface area (Å²) < 4.78 is 18.0. The largest absolute Gasteiger partial charge is 0.492 e. The van der Waals surface area contributed by atoms with E-state index in [-0.39, 0.29) is 31.4 Å². The highest BCUT2D eigenvalue weighted by Crippen LogP contribution is 2.10. The molecule has 20 heavy (non-hydrogen) atoms. The molecule has 1 aromatic rings. The number of carbonyl (C=O) groups is 2. The van der Waals surface area contributed by atoms with Crippen molar-refractivity contribution in [2.45, 2.75) is 6.42 Å². The molecule has 0 fully saturated rings. The molecule has 0 radical (unpaired) electrons. The number of hydrogen-bond acceptors (Lipinski definition) is 3. The quantitative estimate of drug-likeness (QED) is 0.791. The zero-order valence-corrected chi connectivity index (χ0v) is 11.1. The lowest BCUT2D eigenvalue weighted by atomic mass is 10.3. The first-order chi connectivity index (χ1) is 9.49. The average Bonchev–Trinajstić information content (AvgIpc) is 2.40. The van der Waals surface area contributed by atoms with Crippen LogP contribution in [0.25, 0.3) is 0 Å². The second kappa shape index (κ2) is 7.98. The van der Waals surface area contributed by atoms with E-state index in [0.717, 1.165) is 0 Å². The van der Waals surface area contributed by atoms with Crippen LogP contribution in [0.15, 0.2) is 24.3 Å². The van der Waals surface area contributed by atoms with Crippen molar-refractivity contribution in [3.63, 3.8) is 0 Å². The van der Waals surface area contributed by atoms with Crippen molar-refractivity contribution >= 4 is 12.0 Å². The number of aliphatic carboxylic acids is 1. The monoisotopic (exact) mass is 284 g/mol. The van der Waals surface area contributed by atoms with Crippen LogP contribution in [0.2, 0.25) is 0 Å². The SMILES string of the molecule is CN(CCOc1ccc(F)cc1)C(=O)NCCC(=O)O. The van der Waals surface area contributed by atoms with Crippen LogP contribution in [-0.2, 0) is 4.79 Å². The summed E-state index contributed by atoms with van der Waals surface area (Å²) in [4.78, 5) is 23.2. The molecule has 0 unspecified atom stereocenters. The molecule has 0 heterocycles. The molecule has 0 aliphatic carbocycles. The third kappa shape index (κ3) is 6.03. The Labute approximate surface area is 116 Å². The van der Waals surface area contributed by atoms with Crippen LogP contribution in [0.5, 0.6) is 5.75 Å². The van der Waals surface area contributed by atoms with E-state index in [2.05, 4.69) is 5.32 Å². The highest BCUT2D eigenvalue weighted by atomic mass is 19.1. The van der Waals surface area contributed by atoms with E-state index in [1.165, 1.54) is 29.2 Å². The zero-order valence-electron chi connectivity index (χ0n) is 11.1. The van der Waals surface area contributed by atoms with Gasteiger partial charge >= 0.3 is 12.0 Å². The molecule has 7 heteroatoms. The molecule has 1 aromatic carbocycles. The van der Waals surface area contributed by atoms with Crippen LogP contribution >= 0.6 is 0 Å². The lowest BCUT2D eigenvalue weighted by Crippen LogP contribution is -2.40. The Morgan fingerprint density at radius 2 is 2.00 bits per heavy atom. The van der Waals surface area contributed by atoms with Gasteiger partial charge in [0.25, 0.3) is 0 Å². The molecule has 0 spiro atoms. The molecule has 110 valence electrons. The lowest BCUT2D eigenvalue weighted by Gasteiger charge is -2.17. The van der Waals surface area contributed by atoms with E-state index in [4.69, 9.17) is 9.84 Å². The van der Waals surface area contributed by atoms with E-state index >= 15 is 0 Å². The van der Waals surface area contributed by atoms with Crippen molar-refractivity contribution in [2.24, 2.45) is 0 Å². The fourth-order valence-electron chi connectivity index (χ4n) is 1.34. The van der Waals surface area contributed by atoms with Gasteiger partial charge in [0.2, 0.25) is 0 Å². The van der Waals surface area contributed by atoms with Crippen LogP contribution in [0.3, 0.4) is 0 Å². The summed E-state index contributed by atoms with van der Waals surface area (Å²) in [5.74, 6) is -0.786. The number of carboxylic acids is 1. The molecular weight excluding hydrogens is 267 g/mol. The Morgan fingerprint density at radius 1 is 1.35 bits per heavy atom. The highest BCUT2D eigenvalue weighted by Gasteiger charge is 2.08. The third-order valence-corrected chi connectivity index (χ3v) is 2.47. The van der Waals surface area contributed by atoms with Crippen LogP contribution in [0, 0.1) is 5.82 Å². The number of carbonyl (C=O) groups excluding carboxylic acids is 1. The van der Waals surface area contributed by atoms with Crippen LogP contribution < -0.4 is 10.1 Å². The van der Waals surface area contributed by atoms with Gasteiger partial charge in [-0.3, -0.25) is 4.79 Å². The Bertz CT molecular complexity index is 450. The van der Waals surface area contributed by atoms with E-state index < -0.39 is 5.97 Å². The zero-order chi connectivity index (χ0) is 15.0. The number of carboxylic acid groups (broad SMARTS) is 1. The van der Waals surface area contributed by atoms with Gasteiger partial charge in [-0.25, -0.2) is 9.18 Å². The van der Waals surface area contributed by atoms with Gasteiger partial charge in [-0.1, -0.05) is 0 Å². The van der Waals surface area contributed by atoms with Gasteiger partial charge in [0, 0.05) is 13.6 Å². The number of hydrogen-bond donors (Lipinski definition) is 2. The number of benzene rings is 1. The topological polar surface area (TPSA) is 78.9 Å². The summed E-state index contributed by atoms with van der Waals surface area (Å²) in [7, 11) is 1.57. The Balaban J connectivity index is 2.21. The Morgan fingerprint density at radius 3 is 2.60 bits per heavy atom. The number of nitrogens with one attached hydrogen (secondary N) is 1. The van der Waals surface area contributed by atoms with Crippen molar-refractivity contribution in [3.05, 3.63) is 30.1 Å². The molecule has 0 bridgehead atoms. The second-order valence-corrected chi connectivity index (χ2v) is 4.10. The number of urea groups is 1. The summed E-state index contributed by atoms with van der Waals surface area (Å²) in [5.41, 5.74) is 0. The summed E-state index contributed by atoms with van der Waals surface area (Å²) in [6.45, 7) is 0.669. The van der Waals surface area contributed by atoms with E-state index in [0.29, 0.717) is 12.3 Å². The Kier molecular flexibility index (Phi) is 6.28. The third-order valence-electron chi connectivity index (χ3n) is 2.47. The highest BCUT2D eigenvalue weighted by molar-refractivity contribution is 5.74. The van der Waals surface area contributed by atoms with Crippen LogP contribution in [-0.4, -0.2) is 48.8 Å². The van der Waals surface area contributed by atoms with Crippen molar-refractivity contribution in [3.8, 4) is 5.75 Å². The first-order valence-electron chi connectivity index (χ1n) is 6.08. The van der Waals surface area contributed by atoms with Crippen LogP contribution in [0.4, 0.5) is 9.18 Å². The molecular formula is C13H17FN2O4. The fourth-order valence-corrected chi connectivity index (χ4v) is 1.34. The van der Waals surface area contributed by atoms with Crippen molar-refractivity contribution < 1.29 is 23.8 Å². The minimum absolute atomic E-state index is 0.0807. The summed E-state index contributed by atoms with van der Waals surface area (Å²) in [5, 5.41) is 10.9. The first kappa shape index (κ1) is 15.7. The fraction of sp³-hybridized carbons (Fsp3) is 0.385. The number of ether oxygens (including phenoxy) is 1. The van der Waals surface area contributed by atoms with Crippen molar-refractivity contribution in [1.29, 1.82) is 0 Å². The molecule has 0 saturated carbocycles. The number of likely N-dealkylation sites (N-methyl/N-ethyl adjacent to an activating group) is 1. The minimum atomic E-state index is -0.965. The molecule has 2 N–H and O–H groups in total. The standard InChI is InChI=1S/C13H17FN2O4/c1-16(13(19)15-7-6-12(17)18)8-9-20-11-4-2-10(14)3-5-11/h2-5H,6-9H2,1H3,(H,15,19)(H,17,18). The predicted molar refractivity (Wildman–Crippen MR) is 70.2 cm³/mol. The summed E-state index contributed by atoms with van der Waals surface area (Å²) in [6, 6.07) is 5.22. The maximum absolute atomic E-state index is 12.7. The summed E-state index contributed by atoms with van der Waals surface area (Å²) in [6.07, 6.45) is -0.119. The van der Waals surface area contributed by atoms with Gasteiger partial charge in [-0.2, -0.15) is 0 Å². The molecule has 0 aliphatic heterocycles. The number of halogens is 1. The molecule has 0 atom stereocenters. The van der Waals surface area contributed by atoms with Gasteiger partial charge in [0.05, 0.1) is 13.0 Å². The lowest BCUT2D eigenvalue weighted by molar-refractivity contribution is -0.136. The number of nitrogens with zero attached hydrogens (tertiary/aromatic N) is 1. The molecule has 0 aliphatic rings. The molecule has 0 saturated heterocycles. The van der Waals surface area contributed by atoms with Gasteiger partial charge < -0.3 is 20.1 Å². The maximum atomic E-state index is 12.7. The molecule has 6 nitrogen and oxygen atoms in total.